The molecule has 0 atom stereocenters. The van der Waals surface area contributed by atoms with Crippen LogP contribution in [0.1, 0.15) is 74.9 Å². The van der Waals surface area contributed by atoms with Crippen molar-refractivity contribution in [3.8, 4) is 45.6 Å². The Hall–Kier alpha value is -5.50. The molecule has 266 valence electrons. The Kier molecular flexibility index (Phi) is 10.9. The number of esters is 2. The van der Waals surface area contributed by atoms with Gasteiger partial charge in [-0.1, -0.05) is 61.7 Å². The van der Waals surface area contributed by atoms with E-state index in [4.69, 9.17) is 28.4 Å². The van der Waals surface area contributed by atoms with Crippen molar-refractivity contribution in [3.05, 3.63) is 118 Å². The SMILES string of the molecule is C=C(C)C(=O)Oc1c(OCC)cc(C2(c3cc(OCC)c(OC(=O)C(=C)C)c(C)c3OCC)c3ccccc3-c3ccccc32)c(OCC)c1C. The Bertz CT molecular complexity index is 1880. The number of carbonyl (C=O) groups excluding carboxylic acids is 2. The van der Waals surface area contributed by atoms with Crippen molar-refractivity contribution in [1.29, 1.82) is 0 Å². The Labute approximate surface area is 300 Å². The number of hydrogen-bond acceptors (Lipinski definition) is 8. The molecule has 0 aromatic heterocycles. The standard InChI is InChI=1S/C43H46O8/c1-11-46-35-23-33(37(48-13-3)27(9)39(35)50-41(44)25(5)6)43(31-21-17-15-19-29(31)30-20-16-18-22-32(30)43)34-24-36(47-12-2)40(51-42(45)26(7)8)28(10)38(34)49-14-4/h15-24H,5,7,11-14H2,1-4,6,8-10H3. The summed E-state index contributed by atoms with van der Waals surface area (Å²) in [5.41, 5.74) is 6.05. The van der Waals surface area contributed by atoms with Gasteiger partial charge in [0.15, 0.2) is 23.0 Å². The van der Waals surface area contributed by atoms with E-state index in [2.05, 4.69) is 37.4 Å². The van der Waals surface area contributed by atoms with Crippen molar-refractivity contribution >= 4 is 11.9 Å². The van der Waals surface area contributed by atoms with E-state index < -0.39 is 17.4 Å². The van der Waals surface area contributed by atoms with Crippen LogP contribution in [-0.4, -0.2) is 38.4 Å². The van der Waals surface area contributed by atoms with Gasteiger partial charge in [-0.3, -0.25) is 0 Å². The summed E-state index contributed by atoms with van der Waals surface area (Å²) in [5, 5.41) is 0. The van der Waals surface area contributed by atoms with Gasteiger partial charge in [-0.15, -0.1) is 0 Å². The maximum absolute atomic E-state index is 13.0. The molecule has 0 radical (unpaired) electrons. The second-order valence-corrected chi connectivity index (χ2v) is 12.3. The van der Waals surface area contributed by atoms with Gasteiger partial charge < -0.3 is 28.4 Å². The first-order valence-electron chi connectivity index (χ1n) is 17.3. The van der Waals surface area contributed by atoms with E-state index in [0.29, 0.717) is 60.6 Å². The van der Waals surface area contributed by atoms with Gasteiger partial charge in [0.1, 0.15) is 11.5 Å². The lowest BCUT2D eigenvalue weighted by Crippen LogP contribution is -2.31. The molecule has 0 unspecified atom stereocenters. The molecule has 51 heavy (non-hydrogen) atoms. The van der Waals surface area contributed by atoms with Crippen LogP contribution >= 0.6 is 0 Å². The quantitative estimate of drug-likeness (QED) is 0.0648. The third-order valence-corrected chi connectivity index (χ3v) is 8.87. The van der Waals surface area contributed by atoms with Crippen LogP contribution < -0.4 is 28.4 Å². The topological polar surface area (TPSA) is 89.5 Å². The molecule has 0 spiro atoms. The van der Waals surface area contributed by atoms with Gasteiger partial charge in [0.2, 0.25) is 0 Å². The zero-order valence-electron chi connectivity index (χ0n) is 30.8. The first kappa shape index (κ1) is 36.8. The van der Waals surface area contributed by atoms with Crippen LogP contribution in [0, 0.1) is 13.8 Å². The lowest BCUT2D eigenvalue weighted by atomic mass is 9.66. The molecule has 0 fully saturated rings. The predicted octanol–water partition coefficient (Wildman–Crippen LogP) is 9.22. The molecule has 0 aliphatic heterocycles. The van der Waals surface area contributed by atoms with Crippen molar-refractivity contribution in [2.75, 3.05) is 26.4 Å². The summed E-state index contributed by atoms with van der Waals surface area (Å²) in [7, 11) is 0. The zero-order valence-corrected chi connectivity index (χ0v) is 30.8. The Morgan fingerprint density at radius 3 is 1.24 bits per heavy atom. The first-order chi connectivity index (χ1) is 24.5. The molecule has 4 aromatic rings. The van der Waals surface area contributed by atoms with Crippen LogP contribution in [0.25, 0.3) is 11.1 Å². The predicted molar refractivity (Wildman–Crippen MR) is 199 cm³/mol. The number of ether oxygens (including phenoxy) is 6. The van der Waals surface area contributed by atoms with Crippen LogP contribution in [-0.2, 0) is 15.0 Å². The molecule has 1 aliphatic rings. The Morgan fingerprint density at radius 1 is 0.549 bits per heavy atom. The van der Waals surface area contributed by atoms with E-state index in [0.717, 1.165) is 33.4 Å². The fraction of sp³-hybridized carbons (Fsp3) is 0.302. The number of fused-ring (bicyclic) bond motifs is 3. The van der Waals surface area contributed by atoms with Crippen molar-refractivity contribution in [3.63, 3.8) is 0 Å². The van der Waals surface area contributed by atoms with Crippen molar-refractivity contribution in [2.45, 2.75) is 60.8 Å². The molecule has 0 bridgehead atoms. The summed E-state index contributed by atoms with van der Waals surface area (Å²) in [6, 6.07) is 20.3. The minimum atomic E-state index is -1.09. The lowest BCUT2D eigenvalue weighted by Gasteiger charge is -2.38. The molecule has 4 aromatic carbocycles. The molecule has 0 saturated carbocycles. The maximum atomic E-state index is 13.0. The number of hydrogen-bond donors (Lipinski definition) is 0. The van der Waals surface area contributed by atoms with Gasteiger partial charge in [0.25, 0.3) is 0 Å². The average Bonchev–Trinajstić information content (AvgIpc) is 3.41. The molecule has 0 amide bonds. The van der Waals surface area contributed by atoms with Crippen LogP contribution in [0.15, 0.2) is 85.0 Å². The lowest BCUT2D eigenvalue weighted by molar-refractivity contribution is -0.131. The molecular formula is C43H46O8. The highest BCUT2D eigenvalue weighted by atomic mass is 16.6. The van der Waals surface area contributed by atoms with Gasteiger partial charge >= 0.3 is 11.9 Å². The van der Waals surface area contributed by atoms with Crippen molar-refractivity contribution in [1.82, 2.24) is 0 Å². The second-order valence-electron chi connectivity index (χ2n) is 12.3. The minimum absolute atomic E-state index is 0.252. The summed E-state index contributed by atoms with van der Waals surface area (Å²) >= 11 is 0. The minimum Gasteiger partial charge on any atom is -0.493 e. The van der Waals surface area contributed by atoms with Gasteiger partial charge in [-0.05, 0) is 89.8 Å². The highest BCUT2D eigenvalue weighted by Gasteiger charge is 2.51. The smallest absolute Gasteiger partial charge is 0.338 e. The largest absolute Gasteiger partial charge is 0.493 e. The first-order valence-corrected chi connectivity index (χ1v) is 17.3. The van der Waals surface area contributed by atoms with Gasteiger partial charge in [-0.2, -0.15) is 0 Å². The Balaban J connectivity index is 2.04. The molecule has 0 N–H and O–H groups in total. The van der Waals surface area contributed by atoms with Gasteiger partial charge in [0.05, 0.1) is 31.8 Å². The van der Waals surface area contributed by atoms with Gasteiger partial charge in [0, 0.05) is 33.4 Å². The van der Waals surface area contributed by atoms with Crippen LogP contribution in [0.3, 0.4) is 0 Å². The average molecular weight is 691 g/mol. The monoisotopic (exact) mass is 690 g/mol. The summed E-state index contributed by atoms with van der Waals surface area (Å²) in [6.07, 6.45) is 0. The summed E-state index contributed by atoms with van der Waals surface area (Å²) in [5.74, 6) is 1.15. The molecule has 0 heterocycles. The maximum Gasteiger partial charge on any atom is 0.338 e. The highest BCUT2D eigenvalue weighted by Crippen LogP contribution is 2.62. The van der Waals surface area contributed by atoms with Gasteiger partial charge in [-0.25, -0.2) is 9.59 Å². The summed E-state index contributed by atoms with van der Waals surface area (Å²) < 4.78 is 37.5. The van der Waals surface area contributed by atoms with Crippen LogP contribution in [0.5, 0.6) is 34.5 Å². The van der Waals surface area contributed by atoms with E-state index in [1.165, 1.54) is 0 Å². The summed E-state index contributed by atoms with van der Waals surface area (Å²) in [4.78, 5) is 25.9. The zero-order chi connectivity index (χ0) is 37.0. The fourth-order valence-corrected chi connectivity index (χ4v) is 6.82. The molecule has 0 saturated heterocycles. The van der Waals surface area contributed by atoms with E-state index in [9.17, 15) is 9.59 Å². The summed E-state index contributed by atoms with van der Waals surface area (Å²) in [6.45, 7) is 23.3. The van der Waals surface area contributed by atoms with E-state index in [-0.39, 0.29) is 22.6 Å². The molecule has 8 heteroatoms. The number of rotatable bonds is 14. The number of benzene rings is 4. The molecular weight excluding hydrogens is 644 g/mol. The van der Waals surface area contributed by atoms with Crippen LogP contribution in [0.4, 0.5) is 0 Å². The van der Waals surface area contributed by atoms with Crippen molar-refractivity contribution < 1.29 is 38.0 Å². The van der Waals surface area contributed by atoms with Crippen molar-refractivity contribution in [2.24, 2.45) is 0 Å². The molecule has 1 aliphatic carbocycles. The van der Waals surface area contributed by atoms with Crippen LogP contribution in [0.2, 0.25) is 0 Å². The van der Waals surface area contributed by atoms with E-state index >= 15 is 0 Å². The van der Waals surface area contributed by atoms with E-state index in [1.54, 1.807) is 13.8 Å². The molecule has 5 rings (SSSR count). The third-order valence-electron chi connectivity index (χ3n) is 8.87. The second kappa shape index (κ2) is 15.2. The molecule has 8 nitrogen and oxygen atoms in total. The normalized spacial score (nSPS) is 12.3. The van der Waals surface area contributed by atoms with E-state index in [1.807, 2.05) is 77.9 Å². The number of carbonyl (C=O) groups is 2. The fourth-order valence-electron chi connectivity index (χ4n) is 6.82. The Morgan fingerprint density at radius 2 is 0.902 bits per heavy atom. The third kappa shape index (κ3) is 6.35. The highest BCUT2D eigenvalue weighted by molar-refractivity contribution is 5.92.